The maximum Gasteiger partial charge on any atom is 0.255 e. The summed E-state index contributed by atoms with van der Waals surface area (Å²) in [5, 5.41) is 0. The highest BCUT2D eigenvalue weighted by atomic mass is 35.5. The minimum atomic E-state index is 0. The number of piperidine rings is 1. The minimum absolute atomic E-state index is 0. The van der Waals surface area contributed by atoms with Crippen LogP contribution >= 0.6 is 24.8 Å². The second kappa shape index (κ2) is 9.17. The van der Waals surface area contributed by atoms with Crippen LogP contribution in [-0.4, -0.2) is 45.0 Å². The van der Waals surface area contributed by atoms with Crippen molar-refractivity contribution in [3.05, 3.63) is 54.5 Å². The molecule has 2 aromatic heterocycles. The van der Waals surface area contributed by atoms with Gasteiger partial charge in [0.1, 0.15) is 11.8 Å². The monoisotopic (exact) mass is 407 g/mol. The maximum absolute atomic E-state index is 12.8. The molecule has 1 aliphatic heterocycles. The molecule has 0 spiro atoms. The van der Waals surface area contributed by atoms with Crippen molar-refractivity contribution in [2.75, 3.05) is 19.6 Å². The number of benzene rings is 1. The van der Waals surface area contributed by atoms with Gasteiger partial charge in [-0.3, -0.25) is 9.36 Å². The zero-order chi connectivity index (χ0) is 17.2. The van der Waals surface area contributed by atoms with Crippen LogP contribution in [0.25, 0.3) is 16.9 Å². The van der Waals surface area contributed by atoms with E-state index >= 15 is 0 Å². The highest BCUT2D eigenvalue weighted by Gasteiger charge is 2.24. The molecule has 1 unspecified atom stereocenters. The van der Waals surface area contributed by atoms with Gasteiger partial charge in [0.2, 0.25) is 0 Å². The van der Waals surface area contributed by atoms with Crippen LogP contribution in [0, 0.1) is 5.92 Å². The average molecular weight is 408 g/mol. The highest BCUT2D eigenvalue weighted by molar-refractivity contribution is 5.96. The lowest BCUT2D eigenvalue weighted by molar-refractivity contribution is 0.0678. The van der Waals surface area contributed by atoms with Gasteiger partial charge < -0.3 is 10.6 Å². The third kappa shape index (κ3) is 4.24. The summed E-state index contributed by atoms with van der Waals surface area (Å²) in [6, 6.07) is 11.8. The smallest absolute Gasteiger partial charge is 0.255 e. The molecule has 3 heterocycles. The van der Waals surface area contributed by atoms with Crippen LogP contribution in [-0.2, 0) is 0 Å². The van der Waals surface area contributed by atoms with Crippen LogP contribution in [0.15, 0.2) is 48.9 Å². The van der Waals surface area contributed by atoms with Crippen LogP contribution in [0.4, 0.5) is 0 Å². The fraction of sp³-hybridized carbons (Fsp3) is 0.316. The molecule has 27 heavy (non-hydrogen) atoms. The number of amides is 1. The fourth-order valence-electron chi connectivity index (χ4n) is 3.42. The largest absolute Gasteiger partial charge is 0.338 e. The quantitative estimate of drug-likeness (QED) is 0.723. The van der Waals surface area contributed by atoms with Gasteiger partial charge in [-0.05, 0) is 43.5 Å². The van der Waals surface area contributed by atoms with E-state index in [-0.39, 0.29) is 30.7 Å². The number of carbonyl (C=O) groups is 1. The third-order valence-corrected chi connectivity index (χ3v) is 4.81. The number of halogens is 2. The number of nitrogens with zero attached hydrogens (tertiary/aromatic N) is 4. The number of hydrogen-bond acceptors (Lipinski definition) is 4. The Balaban J connectivity index is 0.00000131. The van der Waals surface area contributed by atoms with E-state index in [1.54, 1.807) is 12.5 Å². The number of carbonyl (C=O) groups excluding carboxylic acids is 1. The van der Waals surface area contributed by atoms with E-state index in [1.165, 1.54) is 0 Å². The maximum atomic E-state index is 12.8. The predicted octanol–water partition coefficient (Wildman–Crippen LogP) is 3.08. The minimum Gasteiger partial charge on any atom is -0.338 e. The first-order valence-corrected chi connectivity index (χ1v) is 8.64. The predicted molar refractivity (Wildman–Crippen MR) is 111 cm³/mol. The molecule has 0 aliphatic carbocycles. The first-order valence-electron chi connectivity index (χ1n) is 8.64. The lowest BCUT2D eigenvalue weighted by Gasteiger charge is -2.32. The topological polar surface area (TPSA) is 77.0 Å². The summed E-state index contributed by atoms with van der Waals surface area (Å²) in [6.07, 6.45) is 5.50. The number of aromatic nitrogens is 3. The molecule has 2 N–H and O–H groups in total. The summed E-state index contributed by atoms with van der Waals surface area (Å²) in [6.45, 7) is 2.14. The molecule has 1 aromatic carbocycles. The Bertz CT molecular complexity index is 900. The molecule has 0 saturated carbocycles. The summed E-state index contributed by atoms with van der Waals surface area (Å²) in [5.74, 6) is 0.411. The molecule has 1 aliphatic rings. The van der Waals surface area contributed by atoms with Crippen LogP contribution < -0.4 is 5.73 Å². The van der Waals surface area contributed by atoms with E-state index in [0.717, 1.165) is 42.8 Å². The number of likely N-dealkylation sites (tertiary alicyclic amines) is 1. The number of fused-ring (bicyclic) bond motifs is 1. The van der Waals surface area contributed by atoms with E-state index in [4.69, 9.17) is 5.73 Å². The molecule has 3 aromatic rings. The molecule has 1 fully saturated rings. The Labute approximate surface area is 170 Å². The molecule has 6 nitrogen and oxygen atoms in total. The molecule has 0 bridgehead atoms. The first-order chi connectivity index (χ1) is 12.3. The van der Waals surface area contributed by atoms with E-state index < -0.39 is 0 Å². The van der Waals surface area contributed by atoms with E-state index in [9.17, 15) is 4.79 Å². The number of rotatable bonds is 3. The number of pyridine rings is 1. The summed E-state index contributed by atoms with van der Waals surface area (Å²) in [7, 11) is 0. The van der Waals surface area contributed by atoms with Crippen LogP contribution in [0.2, 0.25) is 0 Å². The highest BCUT2D eigenvalue weighted by Crippen LogP contribution is 2.20. The van der Waals surface area contributed by atoms with Crippen LogP contribution in [0.1, 0.15) is 23.2 Å². The van der Waals surface area contributed by atoms with Gasteiger partial charge in [0.05, 0.1) is 5.56 Å². The van der Waals surface area contributed by atoms with E-state index in [1.807, 2.05) is 45.9 Å². The van der Waals surface area contributed by atoms with Gasteiger partial charge in [0.25, 0.3) is 5.91 Å². The normalized spacial score (nSPS) is 16.5. The third-order valence-electron chi connectivity index (χ3n) is 4.81. The molecule has 1 amide bonds. The molecule has 8 heteroatoms. The lowest BCUT2D eigenvalue weighted by Crippen LogP contribution is -2.42. The van der Waals surface area contributed by atoms with Crippen molar-refractivity contribution in [3.63, 3.8) is 0 Å². The Morgan fingerprint density at radius 1 is 1.19 bits per heavy atom. The number of para-hydroxylation sites is 1. The Kier molecular flexibility index (Phi) is 7.18. The second-order valence-electron chi connectivity index (χ2n) is 6.51. The van der Waals surface area contributed by atoms with Gasteiger partial charge in [-0.2, -0.15) is 0 Å². The van der Waals surface area contributed by atoms with Crippen molar-refractivity contribution in [2.45, 2.75) is 12.8 Å². The van der Waals surface area contributed by atoms with Gasteiger partial charge >= 0.3 is 0 Å². The lowest BCUT2D eigenvalue weighted by atomic mass is 9.98. The molecule has 4 rings (SSSR count). The van der Waals surface area contributed by atoms with E-state index in [0.29, 0.717) is 18.0 Å². The SMILES string of the molecule is Cl.Cl.NCC1CCCN(C(=O)c2cnc3c(c2)ncn3-c2ccccc2)C1. The first kappa shape index (κ1) is 21.2. The molecule has 0 radical (unpaired) electrons. The molecular weight excluding hydrogens is 385 g/mol. The van der Waals surface area contributed by atoms with E-state index in [2.05, 4.69) is 9.97 Å². The van der Waals surface area contributed by atoms with Crippen molar-refractivity contribution in [1.29, 1.82) is 0 Å². The van der Waals surface area contributed by atoms with Crippen molar-refractivity contribution in [3.8, 4) is 5.69 Å². The van der Waals surface area contributed by atoms with Crippen molar-refractivity contribution >= 4 is 41.9 Å². The standard InChI is InChI=1S/C19H21N5O.2ClH/c20-10-14-5-4-8-23(12-14)19(25)15-9-17-18(21-11-15)24(13-22-17)16-6-2-1-3-7-16;;/h1-3,6-7,9,11,13-14H,4-5,8,10,12,20H2;2*1H. The van der Waals surface area contributed by atoms with Crippen molar-refractivity contribution < 1.29 is 4.79 Å². The molecular formula is C19H23Cl2N5O. The Hall–Kier alpha value is -2.15. The van der Waals surface area contributed by atoms with Gasteiger partial charge in [-0.15, -0.1) is 24.8 Å². The van der Waals surface area contributed by atoms with Gasteiger partial charge in [0, 0.05) is 25.0 Å². The van der Waals surface area contributed by atoms with Crippen molar-refractivity contribution in [1.82, 2.24) is 19.4 Å². The Morgan fingerprint density at radius 2 is 1.96 bits per heavy atom. The molecule has 144 valence electrons. The fourth-order valence-corrected chi connectivity index (χ4v) is 3.42. The number of hydrogen-bond donors (Lipinski definition) is 1. The zero-order valence-corrected chi connectivity index (χ0v) is 16.5. The van der Waals surface area contributed by atoms with Gasteiger partial charge in [0.15, 0.2) is 5.65 Å². The summed E-state index contributed by atoms with van der Waals surface area (Å²) >= 11 is 0. The second-order valence-corrected chi connectivity index (χ2v) is 6.51. The summed E-state index contributed by atoms with van der Waals surface area (Å²) < 4.78 is 1.93. The summed E-state index contributed by atoms with van der Waals surface area (Å²) in [4.78, 5) is 23.6. The Morgan fingerprint density at radius 3 is 2.70 bits per heavy atom. The molecule has 1 atom stereocenters. The van der Waals surface area contributed by atoms with Crippen LogP contribution in [0.3, 0.4) is 0 Å². The van der Waals surface area contributed by atoms with Crippen LogP contribution in [0.5, 0.6) is 0 Å². The van der Waals surface area contributed by atoms with Crippen molar-refractivity contribution in [2.24, 2.45) is 11.7 Å². The van der Waals surface area contributed by atoms with Gasteiger partial charge in [-0.1, -0.05) is 18.2 Å². The van der Waals surface area contributed by atoms with Gasteiger partial charge in [-0.25, -0.2) is 9.97 Å². The average Bonchev–Trinajstić information content (AvgIpc) is 3.11. The summed E-state index contributed by atoms with van der Waals surface area (Å²) in [5.41, 5.74) is 8.83. The zero-order valence-electron chi connectivity index (χ0n) is 14.8. The molecule has 1 saturated heterocycles. The number of nitrogens with two attached hydrogens (primary N) is 1. The number of imidazole rings is 1.